The van der Waals surface area contributed by atoms with Crippen LogP contribution in [0.5, 0.6) is 5.75 Å². The van der Waals surface area contributed by atoms with Gasteiger partial charge in [0.05, 0.1) is 24.5 Å². The molecule has 1 amide bonds. The number of thiazole rings is 1. The molecule has 5 rings (SSSR count). The fourth-order valence-corrected chi connectivity index (χ4v) is 4.89. The lowest BCUT2D eigenvalue weighted by atomic mass is 10.0. The number of amides is 1. The summed E-state index contributed by atoms with van der Waals surface area (Å²) in [5.74, 6) is 0.839. The lowest BCUT2D eigenvalue weighted by Gasteiger charge is -2.24. The maximum absolute atomic E-state index is 13.3. The molecule has 6 nitrogen and oxygen atoms in total. The molecule has 0 saturated carbocycles. The number of nitrogens with zero attached hydrogens (tertiary/aromatic N) is 4. The Balaban J connectivity index is 1.33. The average molecular weight is 445 g/mol. The Morgan fingerprint density at radius 1 is 1.16 bits per heavy atom. The first-order chi connectivity index (χ1) is 15.7. The van der Waals surface area contributed by atoms with Crippen molar-refractivity contribution < 1.29 is 9.53 Å². The maximum atomic E-state index is 13.3. The zero-order valence-electron chi connectivity index (χ0n) is 17.8. The van der Waals surface area contributed by atoms with Gasteiger partial charge in [-0.1, -0.05) is 30.3 Å². The van der Waals surface area contributed by atoms with Crippen molar-refractivity contribution in [1.29, 1.82) is 0 Å². The van der Waals surface area contributed by atoms with Crippen LogP contribution in [0.25, 0.3) is 16.3 Å². The third-order valence-corrected chi connectivity index (χ3v) is 6.55. The van der Waals surface area contributed by atoms with Crippen molar-refractivity contribution in [1.82, 2.24) is 19.7 Å². The van der Waals surface area contributed by atoms with E-state index >= 15 is 0 Å². The van der Waals surface area contributed by atoms with E-state index < -0.39 is 0 Å². The van der Waals surface area contributed by atoms with Crippen molar-refractivity contribution in [2.75, 3.05) is 13.2 Å². The minimum atomic E-state index is -0.0145. The van der Waals surface area contributed by atoms with Crippen LogP contribution in [0, 0.1) is 0 Å². The Hall–Kier alpha value is -3.45. The van der Waals surface area contributed by atoms with Gasteiger partial charge in [-0.15, -0.1) is 11.3 Å². The van der Waals surface area contributed by atoms with Crippen LogP contribution in [-0.2, 0) is 0 Å². The summed E-state index contributed by atoms with van der Waals surface area (Å²) in [5, 5.41) is 7.09. The van der Waals surface area contributed by atoms with E-state index in [-0.39, 0.29) is 11.9 Å². The number of para-hydroxylation sites is 1. The summed E-state index contributed by atoms with van der Waals surface area (Å²) < 4.78 is 7.37. The van der Waals surface area contributed by atoms with Gasteiger partial charge in [0.25, 0.3) is 5.91 Å². The van der Waals surface area contributed by atoms with Gasteiger partial charge in [0, 0.05) is 23.7 Å². The summed E-state index contributed by atoms with van der Waals surface area (Å²) in [6, 6.07) is 18.1. The molecular formula is C25H24N4O2S. The molecule has 0 N–H and O–H groups in total. The fraction of sp³-hybridized carbons (Fsp3) is 0.240. The van der Waals surface area contributed by atoms with Gasteiger partial charge in [-0.3, -0.25) is 4.79 Å². The Morgan fingerprint density at radius 3 is 2.75 bits per heavy atom. The molecule has 1 fully saturated rings. The lowest BCUT2D eigenvalue weighted by Crippen LogP contribution is -2.30. The number of likely N-dealkylation sites (tertiary alicyclic amines) is 1. The average Bonchev–Trinajstić information content (AvgIpc) is 3.60. The molecule has 2 aromatic carbocycles. The van der Waals surface area contributed by atoms with Crippen LogP contribution in [0.3, 0.4) is 0 Å². The number of carbonyl (C=O) groups is 1. The number of ether oxygens (including phenoxy) is 1. The molecule has 0 bridgehead atoms. The van der Waals surface area contributed by atoms with Crippen molar-refractivity contribution in [2.24, 2.45) is 0 Å². The van der Waals surface area contributed by atoms with Crippen molar-refractivity contribution >= 4 is 17.2 Å². The summed E-state index contributed by atoms with van der Waals surface area (Å²) >= 11 is 1.47. The summed E-state index contributed by atoms with van der Waals surface area (Å²) in [4.78, 5) is 19.9. The highest BCUT2D eigenvalue weighted by Gasteiger charge is 2.31. The van der Waals surface area contributed by atoms with Gasteiger partial charge in [0.2, 0.25) is 0 Å². The number of benzene rings is 2. The third-order valence-electron chi connectivity index (χ3n) is 5.66. The highest BCUT2D eigenvalue weighted by Crippen LogP contribution is 2.34. The molecule has 32 heavy (non-hydrogen) atoms. The van der Waals surface area contributed by atoms with Crippen LogP contribution in [0.4, 0.5) is 0 Å². The lowest BCUT2D eigenvalue weighted by molar-refractivity contribution is 0.0730. The van der Waals surface area contributed by atoms with Gasteiger partial charge in [0.1, 0.15) is 16.5 Å². The summed E-state index contributed by atoms with van der Waals surface area (Å²) in [6.07, 6.45) is 5.69. The molecule has 1 aliphatic heterocycles. The molecule has 162 valence electrons. The second-order valence-electron chi connectivity index (χ2n) is 7.71. The van der Waals surface area contributed by atoms with E-state index in [0.717, 1.165) is 47.0 Å². The first-order valence-corrected chi connectivity index (χ1v) is 11.7. The summed E-state index contributed by atoms with van der Waals surface area (Å²) in [6.45, 7) is 3.36. The zero-order valence-corrected chi connectivity index (χ0v) is 18.7. The topological polar surface area (TPSA) is 60.2 Å². The quantitative estimate of drug-likeness (QED) is 0.401. The Kier molecular flexibility index (Phi) is 5.73. The van der Waals surface area contributed by atoms with Crippen LogP contribution in [0.1, 0.15) is 41.9 Å². The monoisotopic (exact) mass is 444 g/mol. The van der Waals surface area contributed by atoms with E-state index in [4.69, 9.17) is 4.74 Å². The second kappa shape index (κ2) is 8.96. The van der Waals surface area contributed by atoms with E-state index in [9.17, 15) is 4.79 Å². The van der Waals surface area contributed by atoms with Crippen molar-refractivity contribution in [3.8, 4) is 22.0 Å². The van der Waals surface area contributed by atoms with E-state index in [1.165, 1.54) is 11.3 Å². The number of hydrogen-bond donors (Lipinski definition) is 0. The molecule has 0 spiro atoms. The molecule has 1 aliphatic rings. The van der Waals surface area contributed by atoms with Crippen LogP contribution >= 0.6 is 11.3 Å². The molecule has 3 heterocycles. The van der Waals surface area contributed by atoms with Crippen molar-refractivity contribution in [3.05, 3.63) is 83.6 Å². The van der Waals surface area contributed by atoms with Gasteiger partial charge in [0.15, 0.2) is 0 Å². The standard InChI is InChI=1S/C25H24N4O2S/c1-2-31-21-12-10-18(11-13-21)23-9-6-14-28(23)25(30)22-17-32-24(27-22)19-15-26-29(16-19)20-7-4-3-5-8-20/h3-5,7-8,10-13,15-17,23H,2,6,9,14H2,1H3. The van der Waals surface area contributed by atoms with Crippen LogP contribution in [0.15, 0.2) is 72.4 Å². The highest BCUT2D eigenvalue weighted by molar-refractivity contribution is 7.13. The second-order valence-corrected chi connectivity index (χ2v) is 8.56. The van der Waals surface area contributed by atoms with E-state index in [1.54, 1.807) is 6.20 Å². The molecule has 0 aliphatic carbocycles. The Bertz CT molecular complexity index is 1200. The smallest absolute Gasteiger partial charge is 0.273 e. The van der Waals surface area contributed by atoms with Crippen molar-refractivity contribution in [2.45, 2.75) is 25.8 Å². The third kappa shape index (κ3) is 4.03. The number of aromatic nitrogens is 3. The molecule has 0 radical (unpaired) electrons. The predicted molar refractivity (Wildman–Crippen MR) is 125 cm³/mol. The van der Waals surface area contributed by atoms with Gasteiger partial charge >= 0.3 is 0 Å². The Morgan fingerprint density at radius 2 is 1.97 bits per heavy atom. The zero-order chi connectivity index (χ0) is 21.9. The number of rotatable bonds is 6. The predicted octanol–water partition coefficient (Wildman–Crippen LogP) is 5.37. The van der Waals surface area contributed by atoms with Crippen LogP contribution in [0.2, 0.25) is 0 Å². The van der Waals surface area contributed by atoms with Gasteiger partial charge in [-0.25, -0.2) is 9.67 Å². The summed E-state index contributed by atoms with van der Waals surface area (Å²) in [5.41, 5.74) is 3.53. The molecule has 4 aromatic rings. The minimum absolute atomic E-state index is 0.0145. The fourth-order valence-electron chi connectivity index (χ4n) is 4.12. The van der Waals surface area contributed by atoms with E-state index in [0.29, 0.717) is 12.3 Å². The highest BCUT2D eigenvalue weighted by atomic mass is 32.1. The molecule has 1 saturated heterocycles. The van der Waals surface area contributed by atoms with Gasteiger partial charge < -0.3 is 9.64 Å². The van der Waals surface area contributed by atoms with Crippen molar-refractivity contribution in [3.63, 3.8) is 0 Å². The molecule has 1 unspecified atom stereocenters. The summed E-state index contributed by atoms with van der Waals surface area (Å²) in [7, 11) is 0. The SMILES string of the molecule is CCOc1ccc(C2CCCN2C(=O)c2csc(-c3cnn(-c4ccccc4)c3)n2)cc1. The first kappa shape index (κ1) is 20.5. The minimum Gasteiger partial charge on any atom is -0.494 e. The molecule has 2 aromatic heterocycles. The van der Waals surface area contributed by atoms with Crippen LogP contribution < -0.4 is 4.74 Å². The molecular weight excluding hydrogens is 420 g/mol. The Labute approximate surface area is 191 Å². The maximum Gasteiger partial charge on any atom is 0.273 e. The number of carbonyl (C=O) groups excluding carboxylic acids is 1. The first-order valence-electron chi connectivity index (χ1n) is 10.8. The van der Waals surface area contributed by atoms with Gasteiger partial charge in [-0.05, 0) is 49.6 Å². The largest absolute Gasteiger partial charge is 0.494 e. The number of hydrogen-bond acceptors (Lipinski definition) is 5. The molecule has 7 heteroatoms. The molecule has 1 atom stereocenters. The van der Waals surface area contributed by atoms with E-state index in [1.807, 2.05) is 70.5 Å². The normalized spacial score (nSPS) is 15.8. The van der Waals surface area contributed by atoms with E-state index in [2.05, 4.69) is 22.2 Å². The van der Waals surface area contributed by atoms with Crippen LogP contribution in [-0.4, -0.2) is 38.7 Å². The van der Waals surface area contributed by atoms with Gasteiger partial charge in [-0.2, -0.15) is 5.10 Å².